The third-order valence-electron chi connectivity index (χ3n) is 3.40. The van der Waals surface area contributed by atoms with Crippen molar-refractivity contribution in [3.05, 3.63) is 35.6 Å². The van der Waals surface area contributed by atoms with Crippen molar-refractivity contribution in [1.29, 1.82) is 0 Å². The molecule has 1 aromatic rings. The van der Waals surface area contributed by atoms with E-state index in [0.717, 1.165) is 0 Å². The summed E-state index contributed by atoms with van der Waals surface area (Å²) < 4.78 is 13.4. The van der Waals surface area contributed by atoms with E-state index in [-0.39, 0.29) is 18.3 Å². The maximum absolute atomic E-state index is 13.4. The monoisotopic (exact) mass is 296 g/mol. The number of carbonyl (C=O) groups is 2. The van der Waals surface area contributed by atoms with Gasteiger partial charge in [-0.05, 0) is 24.0 Å². The fourth-order valence-electron chi connectivity index (χ4n) is 1.89. The molecular weight excluding hydrogens is 275 g/mol. The van der Waals surface area contributed by atoms with Crippen molar-refractivity contribution in [3.8, 4) is 0 Å². The summed E-state index contributed by atoms with van der Waals surface area (Å²) in [5.74, 6) is -1.55. The molecule has 2 amide bonds. The summed E-state index contributed by atoms with van der Waals surface area (Å²) in [5, 5.41) is 14.0. The van der Waals surface area contributed by atoms with Crippen molar-refractivity contribution in [2.24, 2.45) is 5.92 Å². The van der Waals surface area contributed by atoms with E-state index in [4.69, 9.17) is 5.11 Å². The second kappa shape index (κ2) is 8.24. The minimum Gasteiger partial charge on any atom is -0.480 e. The van der Waals surface area contributed by atoms with Crippen molar-refractivity contribution in [2.75, 3.05) is 6.54 Å². The molecule has 6 heteroatoms. The molecule has 3 N–H and O–H groups in total. The lowest BCUT2D eigenvalue weighted by molar-refractivity contribution is -0.140. The summed E-state index contributed by atoms with van der Waals surface area (Å²) in [6, 6.07) is 4.85. The fraction of sp³-hybridized carbons (Fsp3) is 0.467. The summed E-state index contributed by atoms with van der Waals surface area (Å²) >= 11 is 0. The van der Waals surface area contributed by atoms with Crippen molar-refractivity contribution in [2.45, 2.75) is 32.7 Å². The van der Waals surface area contributed by atoms with E-state index in [9.17, 15) is 14.0 Å². The molecule has 0 fully saturated rings. The minimum atomic E-state index is -1.06. The van der Waals surface area contributed by atoms with Gasteiger partial charge in [0.2, 0.25) is 0 Å². The second-order valence-corrected chi connectivity index (χ2v) is 4.94. The molecule has 0 radical (unpaired) electrons. The van der Waals surface area contributed by atoms with Crippen LogP contribution in [-0.2, 0) is 11.2 Å². The van der Waals surface area contributed by atoms with Crippen LogP contribution in [0.3, 0.4) is 0 Å². The summed E-state index contributed by atoms with van der Waals surface area (Å²) in [7, 11) is 0. The van der Waals surface area contributed by atoms with Crippen LogP contribution >= 0.6 is 0 Å². The number of carboxylic acid groups (broad SMARTS) is 1. The van der Waals surface area contributed by atoms with Crippen LogP contribution in [0.4, 0.5) is 9.18 Å². The first-order chi connectivity index (χ1) is 9.95. The Labute approximate surface area is 123 Å². The number of halogens is 1. The van der Waals surface area contributed by atoms with Gasteiger partial charge in [0, 0.05) is 6.54 Å². The van der Waals surface area contributed by atoms with Gasteiger partial charge in [-0.25, -0.2) is 14.0 Å². The van der Waals surface area contributed by atoms with Crippen molar-refractivity contribution < 1.29 is 19.1 Å². The highest BCUT2D eigenvalue weighted by atomic mass is 19.1. The molecule has 0 unspecified atom stereocenters. The molecule has 0 saturated heterocycles. The Kier molecular flexibility index (Phi) is 6.65. The quantitative estimate of drug-likeness (QED) is 0.721. The minimum absolute atomic E-state index is 0.167. The smallest absolute Gasteiger partial charge is 0.326 e. The first-order valence-corrected chi connectivity index (χ1v) is 6.96. The number of hydrogen-bond donors (Lipinski definition) is 3. The molecule has 5 nitrogen and oxygen atoms in total. The standard InChI is InChI=1S/C15H21FN2O3/c1-3-10(2)13(14(19)20)18-15(21)17-9-8-11-6-4-5-7-12(11)16/h4-7,10,13H,3,8-9H2,1-2H3,(H,19,20)(H2,17,18,21)/t10-,13-/m1/s1. The van der Waals surface area contributed by atoms with Crippen LogP contribution in [0.25, 0.3) is 0 Å². The van der Waals surface area contributed by atoms with E-state index in [2.05, 4.69) is 10.6 Å². The molecule has 1 aromatic carbocycles. The van der Waals surface area contributed by atoms with Gasteiger partial charge < -0.3 is 15.7 Å². The highest BCUT2D eigenvalue weighted by Gasteiger charge is 2.24. The zero-order valence-electron chi connectivity index (χ0n) is 12.2. The van der Waals surface area contributed by atoms with Crippen molar-refractivity contribution >= 4 is 12.0 Å². The lowest BCUT2D eigenvalue weighted by Crippen LogP contribution is -2.49. The summed E-state index contributed by atoms with van der Waals surface area (Å²) in [6.07, 6.45) is 0.994. The van der Waals surface area contributed by atoms with Crippen molar-refractivity contribution in [3.63, 3.8) is 0 Å². The molecule has 0 saturated carbocycles. The maximum Gasteiger partial charge on any atom is 0.326 e. The third-order valence-corrected chi connectivity index (χ3v) is 3.40. The van der Waals surface area contributed by atoms with Gasteiger partial charge in [0.15, 0.2) is 0 Å². The lowest BCUT2D eigenvalue weighted by atomic mass is 9.99. The molecule has 1 rings (SSSR count). The molecule has 2 atom stereocenters. The summed E-state index contributed by atoms with van der Waals surface area (Å²) in [5.41, 5.74) is 0.509. The number of carboxylic acids is 1. The zero-order chi connectivity index (χ0) is 15.8. The van der Waals surface area contributed by atoms with Gasteiger partial charge in [-0.2, -0.15) is 0 Å². The molecule has 116 valence electrons. The number of rotatable bonds is 7. The molecule has 0 heterocycles. The number of amides is 2. The lowest BCUT2D eigenvalue weighted by Gasteiger charge is -2.20. The van der Waals surface area contributed by atoms with Gasteiger partial charge in [0.05, 0.1) is 0 Å². The van der Waals surface area contributed by atoms with Gasteiger partial charge >= 0.3 is 12.0 Å². The van der Waals surface area contributed by atoms with Gasteiger partial charge in [0.25, 0.3) is 0 Å². The van der Waals surface area contributed by atoms with Crippen LogP contribution in [0.2, 0.25) is 0 Å². The number of carbonyl (C=O) groups excluding carboxylic acids is 1. The molecule has 21 heavy (non-hydrogen) atoms. The summed E-state index contributed by atoms with van der Waals surface area (Å²) in [6.45, 7) is 3.86. The van der Waals surface area contributed by atoms with Gasteiger partial charge in [-0.3, -0.25) is 0 Å². The van der Waals surface area contributed by atoms with Gasteiger partial charge in [0.1, 0.15) is 11.9 Å². The van der Waals surface area contributed by atoms with Crippen LogP contribution < -0.4 is 10.6 Å². The normalized spacial score (nSPS) is 13.3. The molecule has 0 aliphatic carbocycles. The first kappa shape index (κ1) is 16.9. The Hall–Kier alpha value is -2.11. The van der Waals surface area contributed by atoms with E-state index in [1.54, 1.807) is 25.1 Å². The Morgan fingerprint density at radius 2 is 2.00 bits per heavy atom. The van der Waals surface area contributed by atoms with E-state index in [0.29, 0.717) is 18.4 Å². The van der Waals surface area contributed by atoms with Crippen LogP contribution in [0.15, 0.2) is 24.3 Å². The Bertz CT molecular complexity index is 494. The molecule has 0 aliphatic heterocycles. The number of hydrogen-bond acceptors (Lipinski definition) is 2. The van der Waals surface area contributed by atoms with E-state index in [1.807, 2.05) is 6.92 Å². The first-order valence-electron chi connectivity index (χ1n) is 6.96. The highest BCUT2D eigenvalue weighted by Crippen LogP contribution is 2.08. The molecule has 0 aliphatic rings. The maximum atomic E-state index is 13.4. The second-order valence-electron chi connectivity index (χ2n) is 4.94. The SMILES string of the molecule is CC[C@@H](C)[C@@H](NC(=O)NCCc1ccccc1F)C(=O)O. The van der Waals surface area contributed by atoms with E-state index in [1.165, 1.54) is 6.07 Å². The summed E-state index contributed by atoms with van der Waals surface area (Å²) in [4.78, 5) is 22.8. The van der Waals surface area contributed by atoms with Gasteiger partial charge in [-0.1, -0.05) is 38.5 Å². The fourth-order valence-corrected chi connectivity index (χ4v) is 1.89. The topological polar surface area (TPSA) is 78.4 Å². The number of benzene rings is 1. The van der Waals surface area contributed by atoms with Crippen LogP contribution in [-0.4, -0.2) is 29.7 Å². The third kappa shape index (κ3) is 5.41. The van der Waals surface area contributed by atoms with Crippen molar-refractivity contribution in [1.82, 2.24) is 10.6 Å². The highest BCUT2D eigenvalue weighted by molar-refractivity contribution is 5.82. The Morgan fingerprint density at radius 1 is 1.33 bits per heavy atom. The predicted molar refractivity (Wildman–Crippen MR) is 77.5 cm³/mol. The number of urea groups is 1. The zero-order valence-corrected chi connectivity index (χ0v) is 12.2. The number of aliphatic carboxylic acids is 1. The molecule has 0 aromatic heterocycles. The van der Waals surface area contributed by atoms with E-state index < -0.39 is 18.0 Å². The molecule has 0 spiro atoms. The van der Waals surface area contributed by atoms with Crippen LogP contribution in [0, 0.1) is 11.7 Å². The average Bonchev–Trinajstić information content (AvgIpc) is 2.45. The number of nitrogens with one attached hydrogen (secondary N) is 2. The van der Waals surface area contributed by atoms with Gasteiger partial charge in [-0.15, -0.1) is 0 Å². The average molecular weight is 296 g/mol. The van der Waals surface area contributed by atoms with Crippen LogP contribution in [0.1, 0.15) is 25.8 Å². The Balaban J connectivity index is 2.43. The Morgan fingerprint density at radius 3 is 2.57 bits per heavy atom. The van der Waals surface area contributed by atoms with E-state index >= 15 is 0 Å². The molecule has 0 bridgehead atoms. The predicted octanol–water partition coefficient (Wildman–Crippen LogP) is 2.17. The largest absolute Gasteiger partial charge is 0.480 e. The molecular formula is C15H21FN2O3. The van der Waals surface area contributed by atoms with Crippen LogP contribution in [0.5, 0.6) is 0 Å².